The van der Waals surface area contributed by atoms with E-state index in [1.54, 1.807) is 12.3 Å². The zero-order valence-corrected chi connectivity index (χ0v) is 13.1. The van der Waals surface area contributed by atoms with Crippen molar-refractivity contribution in [3.63, 3.8) is 0 Å². The Labute approximate surface area is 116 Å². The summed E-state index contributed by atoms with van der Waals surface area (Å²) in [5, 5.41) is 3.03. The van der Waals surface area contributed by atoms with Crippen LogP contribution < -0.4 is 5.32 Å². The number of anilines is 1. The fourth-order valence-corrected chi connectivity index (χ4v) is 2.38. The van der Waals surface area contributed by atoms with E-state index in [4.69, 9.17) is 0 Å². The Hall–Kier alpha value is -0.990. The van der Waals surface area contributed by atoms with E-state index in [-0.39, 0.29) is 10.1 Å². The van der Waals surface area contributed by atoms with Crippen LogP contribution in [0.5, 0.6) is 0 Å². The fraction of sp³-hybridized carbons (Fsp3) is 0.545. The van der Waals surface area contributed by atoms with Crippen molar-refractivity contribution in [3.05, 3.63) is 18.3 Å². The van der Waals surface area contributed by atoms with Crippen LogP contribution in [0.2, 0.25) is 0 Å². The summed E-state index contributed by atoms with van der Waals surface area (Å²) in [6.07, 6.45) is 2.96. The van der Waals surface area contributed by atoms with Gasteiger partial charge in [-0.3, -0.25) is 4.21 Å². The van der Waals surface area contributed by atoms with Gasteiger partial charge in [-0.2, -0.15) is 0 Å². The summed E-state index contributed by atoms with van der Waals surface area (Å²) >= 11 is 0. The Balaban J connectivity index is 2.75. The third-order valence-corrected chi connectivity index (χ3v) is 5.75. The standard InChI is InChI=1S/C11H19N3O3S2/c1-9(18(4)15)7-12-11-6-5-10(8-13-11)19(16,17)14(2)3/h5-6,8-9H,7H2,1-4H3,(H,12,13). The number of hydrogen-bond donors (Lipinski definition) is 1. The zero-order chi connectivity index (χ0) is 14.6. The Bertz CT molecular complexity index is 541. The Morgan fingerprint density at radius 1 is 1.42 bits per heavy atom. The summed E-state index contributed by atoms with van der Waals surface area (Å²) in [5.74, 6) is 0.565. The maximum Gasteiger partial charge on any atom is 0.244 e. The first-order valence-electron chi connectivity index (χ1n) is 5.70. The molecular formula is C11H19N3O3S2. The van der Waals surface area contributed by atoms with Gasteiger partial charge < -0.3 is 5.32 Å². The lowest BCUT2D eigenvalue weighted by Gasteiger charge is -2.13. The second-order valence-electron chi connectivity index (χ2n) is 4.36. The largest absolute Gasteiger partial charge is 0.369 e. The van der Waals surface area contributed by atoms with Crippen LogP contribution in [-0.4, -0.2) is 54.1 Å². The van der Waals surface area contributed by atoms with Crippen LogP contribution in [0.25, 0.3) is 0 Å². The Morgan fingerprint density at radius 2 is 2.05 bits per heavy atom. The molecule has 1 aromatic rings. The lowest BCUT2D eigenvalue weighted by Crippen LogP contribution is -2.23. The van der Waals surface area contributed by atoms with E-state index in [1.807, 2.05) is 6.92 Å². The molecule has 2 atom stereocenters. The van der Waals surface area contributed by atoms with Gasteiger partial charge in [-0.1, -0.05) is 0 Å². The first kappa shape index (κ1) is 16.1. The van der Waals surface area contributed by atoms with Crippen molar-refractivity contribution >= 4 is 26.6 Å². The topological polar surface area (TPSA) is 79.4 Å². The van der Waals surface area contributed by atoms with E-state index >= 15 is 0 Å². The quantitative estimate of drug-likeness (QED) is 0.828. The van der Waals surface area contributed by atoms with Gasteiger partial charge >= 0.3 is 0 Å². The lowest BCUT2D eigenvalue weighted by atomic mass is 10.4. The van der Waals surface area contributed by atoms with E-state index in [0.29, 0.717) is 12.4 Å². The van der Waals surface area contributed by atoms with Crippen LogP contribution in [0.15, 0.2) is 23.2 Å². The van der Waals surface area contributed by atoms with Gasteiger partial charge in [0.25, 0.3) is 0 Å². The fourth-order valence-electron chi connectivity index (χ4n) is 1.21. The van der Waals surface area contributed by atoms with E-state index in [1.165, 1.54) is 26.4 Å². The monoisotopic (exact) mass is 305 g/mol. The smallest absolute Gasteiger partial charge is 0.244 e. The minimum Gasteiger partial charge on any atom is -0.369 e. The van der Waals surface area contributed by atoms with Crippen molar-refractivity contribution in [2.75, 3.05) is 32.2 Å². The second-order valence-corrected chi connectivity index (χ2v) is 8.31. The number of pyridine rings is 1. The molecule has 1 heterocycles. The number of hydrogen-bond acceptors (Lipinski definition) is 5. The number of rotatable bonds is 6. The van der Waals surface area contributed by atoms with Gasteiger partial charge in [0.1, 0.15) is 10.7 Å². The minimum absolute atomic E-state index is 0.00647. The lowest BCUT2D eigenvalue weighted by molar-refractivity contribution is 0.520. The number of aromatic nitrogens is 1. The molecule has 0 aliphatic rings. The molecule has 6 nitrogen and oxygen atoms in total. The van der Waals surface area contributed by atoms with Gasteiger partial charge in [-0.25, -0.2) is 17.7 Å². The molecule has 1 aromatic heterocycles. The molecule has 0 bridgehead atoms. The molecule has 8 heteroatoms. The van der Waals surface area contributed by atoms with E-state index in [9.17, 15) is 12.6 Å². The van der Waals surface area contributed by atoms with Crippen LogP contribution in [0.4, 0.5) is 5.82 Å². The number of sulfonamides is 1. The third kappa shape index (κ3) is 4.26. The molecule has 0 fully saturated rings. The SMILES string of the molecule is CC(CNc1ccc(S(=O)(=O)N(C)C)cn1)S(C)=O. The van der Waals surface area contributed by atoms with Crippen molar-refractivity contribution in [2.24, 2.45) is 0 Å². The maximum atomic E-state index is 11.8. The van der Waals surface area contributed by atoms with Crippen molar-refractivity contribution in [3.8, 4) is 0 Å². The van der Waals surface area contributed by atoms with E-state index < -0.39 is 20.8 Å². The molecule has 0 saturated heterocycles. The molecular weight excluding hydrogens is 286 g/mol. The van der Waals surface area contributed by atoms with E-state index in [0.717, 1.165) is 4.31 Å². The highest BCUT2D eigenvalue weighted by atomic mass is 32.2. The van der Waals surface area contributed by atoms with Crippen molar-refractivity contribution in [2.45, 2.75) is 17.1 Å². The average molecular weight is 305 g/mol. The molecule has 0 spiro atoms. The predicted molar refractivity (Wildman–Crippen MR) is 77.1 cm³/mol. The number of nitrogens with zero attached hydrogens (tertiary/aromatic N) is 2. The molecule has 1 rings (SSSR count). The molecule has 0 aliphatic carbocycles. The second kappa shape index (κ2) is 6.44. The molecule has 108 valence electrons. The van der Waals surface area contributed by atoms with Gasteiger partial charge in [0.05, 0.1) is 0 Å². The van der Waals surface area contributed by atoms with Gasteiger partial charge in [-0.05, 0) is 19.1 Å². The Morgan fingerprint density at radius 3 is 2.47 bits per heavy atom. The molecule has 0 aromatic carbocycles. The minimum atomic E-state index is -3.44. The van der Waals surface area contributed by atoms with Gasteiger partial charge in [0.15, 0.2) is 0 Å². The normalized spacial score (nSPS) is 15.2. The highest BCUT2D eigenvalue weighted by Crippen LogP contribution is 2.13. The summed E-state index contributed by atoms with van der Waals surface area (Å²) in [4.78, 5) is 4.19. The van der Waals surface area contributed by atoms with Crippen LogP contribution in [-0.2, 0) is 20.8 Å². The Kier molecular flexibility index (Phi) is 5.45. The molecule has 0 radical (unpaired) electrons. The zero-order valence-electron chi connectivity index (χ0n) is 11.5. The number of nitrogens with one attached hydrogen (secondary N) is 1. The van der Waals surface area contributed by atoms with Gasteiger partial charge in [0, 0.05) is 49.1 Å². The molecule has 1 N–H and O–H groups in total. The predicted octanol–water partition coefficient (Wildman–Crippen LogP) is 0.511. The molecule has 19 heavy (non-hydrogen) atoms. The summed E-state index contributed by atoms with van der Waals surface area (Å²) in [7, 11) is -1.40. The first-order chi connectivity index (χ1) is 8.75. The molecule has 0 saturated carbocycles. The van der Waals surface area contributed by atoms with Gasteiger partial charge in [-0.15, -0.1) is 0 Å². The highest BCUT2D eigenvalue weighted by molar-refractivity contribution is 7.89. The molecule has 0 amide bonds. The van der Waals surface area contributed by atoms with Crippen molar-refractivity contribution in [1.82, 2.24) is 9.29 Å². The van der Waals surface area contributed by atoms with Crippen LogP contribution in [0.3, 0.4) is 0 Å². The first-order valence-corrected chi connectivity index (χ1v) is 8.76. The van der Waals surface area contributed by atoms with E-state index in [2.05, 4.69) is 10.3 Å². The summed E-state index contributed by atoms with van der Waals surface area (Å²) in [5.41, 5.74) is 0. The van der Waals surface area contributed by atoms with Crippen LogP contribution in [0.1, 0.15) is 6.92 Å². The summed E-state index contributed by atoms with van der Waals surface area (Å²) < 4.78 is 36.0. The third-order valence-electron chi connectivity index (χ3n) is 2.65. The van der Waals surface area contributed by atoms with Crippen molar-refractivity contribution in [1.29, 1.82) is 0 Å². The van der Waals surface area contributed by atoms with Crippen LogP contribution >= 0.6 is 0 Å². The van der Waals surface area contributed by atoms with Crippen molar-refractivity contribution < 1.29 is 12.6 Å². The highest BCUT2D eigenvalue weighted by Gasteiger charge is 2.17. The molecule has 2 unspecified atom stereocenters. The average Bonchev–Trinajstić information content (AvgIpc) is 2.36. The summed E-state index contributed by atoms with van der Waals surface area (Å²) in [6.45, 7) is 2.39. The maximum absolute atomic E-state index is 11.8. The van der Waals surface area contributed by atoms with Gasteiger partial charge in [0.2, 0.25) is 10.0 Å². The van der Waals surface area contributed by atoms with Crippen LogP contribution in [0, 0.1) is 0 Å². The molecule has 0 aliphatic heterocycles. The summed E-state index contributed by atoms with van der Waals surface area (Å²) in [6, 6.07) is 3.10.